The summed E-state index contributed by atoms with van der Waals surface area (Å²) >= 11 is 1.73. The second-order valence-corrected chi connectivity index (χ2v) is 7.81. The summed E-state index contributed by atoms with van der Waals surface area (Å²) in [6, 6.07) is 8.16. The minimum atomic E-state index is -0.197. The molecule has 4 N–H and O–H groups in total. The predicted molar refractivity (Wildman–Crippen MR) is 114 cm³/mol. The Labute approximate surface area is 170 Å². The standard InChI is InChI=1S/C20H28N6OS/c1-2-22-20(25-14-17-6-4-12-28-17)24-13-16-5-3-9-23-19(16)26-10-7-15(8-11-26)18(21)27/h3-6,9,12,15H,2,7-8,10-11,13-14H2,1H3,(H2,21,27)(H2,22,24,25). The van der Waals surface area contributed by atoms with E-state index in [4.69, 9.17) is 10.7 Å². The molecule has 1 fully saturated rings. The highest BCUT2D eigenvalue weighted by Crippen LogP contribution is 2.24. The molecule has 0 saturated carbocycles. The molecule has 0 atom stereocenters. The first-order valence-electron chi connectivity index (χ1n) is 9.70. The van der Waals surface area contributed by atoms with Gasteiger partial charge in [-0.2, -0.15) is 0 Å². The molecule has 1 aliphatic heterocycles. The van der Waals surface area contributed by atoms with Crippen LogP contribution in [0.3, 0.4) is 0 Å². The number of hydrogen-bond donors (Lipinski definition) is 3. The fourth-order valence-corrected chi connectivity index (χ4v) is 3.95. The van der Waals surface area contributed by atoms with E-state index < -0.39 is 0 Å². The molecule has 0 unspecified atom stereocenters. The lowest BCUT2D eigenvalue weighted by atomic mass is 9.96. The Bertz CT molecular complexity index is 784. The maximum atomic E-state index is 11.4. The van der Waals surface area contributed by atoms with Crippen LogP contribution in [0.4, 0.5) is 5.82 Å². The molecule has 1 saturated heterocycles. The molecule has 0 radical (unpaired) electrons. The van der Waals surface area contributed by atoms with Gasteiger partial charge in [0.15, 0.2) is 5.96 Å². The number of pyridine rings is 1. The predicted octanol–water partition coefficient (Wildman–Crippen LogP) is 2.10. The van der Waals surface area contributed by atoms with Gasteiger partial charge in [0.2, 0.25) is 5.91 Å². The molecule has 150 valence electrons. The van der Waals surface area contributed by atoms with Crippen molar-refractivity contribution in [3.05, 3.63) is 46.3 Å². The molecule has 28 heavy (non-hydrogen) atoms. The van der Waals surface area contributed by atoms with Crippen molar-refractivity contribution in [2.45, 2.75) is 32.9 Å². The molecule has 2 aromatic rings. The van der Waals surface area contributed by atoms with Gasteiger partial charge in [-0.1, -0.05) is 12.1 Å². The van der Waals surface area contributed by atoms with E-state index in [-0.39, 0.29) is 11.8 Å². The number of nitrogens with one attached hydrogen (secondary N) is 2. The van der Waals surface area contributed by atoms with E-state index in [0.29, 0.717) is 6.54 Å². The van der Waals surface area contributed by atoms with Gasteiger partial charge in [-0.15, -0.1) is 11.3 Å². The lowest BCUT2D eigenvalue weighted by Crippen LogP contribution is -2.39. The van der Waals surface area contributed by atoms with Crippen LogP contribution in [-0.2, 0) is 17.9 Å². The van der Waals surface area contributed by atoms with Gasteiger partial charge in [0.1, 0.15) is 5.82 Å². The molecule has 1 amide bonds. The van der Waals surface area contributed by atoms with Crippen LogP contribution in [0, 0.1) is 5.92 Å². The fraction of sp³-hybridized carbons (Fsp3) is 0.450. The Morgan fingerprint density at radius 3 is 2.82 bits per heavy atom. The van der Waals surface area contributed by atoms with Crippen LogP contribution in [0.25, 0.3) is 0 Å². The normalized spacial score (nSPS) is 15.5. The molecule has 3 rings (SSSR count). The average Bonchev–Trinajstić information content (AvgIpc) is 3.24. The summed E-state index contributed by atoms with van der Waals surface area (Å²) in [6.45, 7) is 5.73. The average molecular weight is 401 g/mol. The number of carbonyl (C=O) groups is 1. The smallest absolute Gasteiger partial charge is 0.220 e. The number of anilines is 1. The van der Waals surface area contributed by atoms with E-state index in [9.17, 15) is 4.79 Å². The minimum absolute atomic E-state index is 0.0248. The van der Waals surface area contributed by atoms with Gasteiger partial charge in [-0.05, 0) is 37.3 Å². The van der Waals surface area contributed by atoms with Crippen molar-refractivity contribution in [2.75, 3.05) is 24.5 Å². The third kappa shape index (κ3) is 5.45. The number of piperidine rings is 1. The molecule has 0 bridgehead atoms. The molecule has 1 aliphatic rings. The van der Waals surface area contributed by atoms with Crippen molar-refractivity contribution in [1.29, 1.82) is 0 Å². The maximum absolute atomic E-state index is 11.4. The Balaban J connectivity index is 1.65. The third-order valence-electron chi connectivity index (χ3n) is 4.83. The zero-order valence-electron chi connectivity index (χ0n) is 16.2. The molecular formula is C20H28N6OS. The summed E-state index contributed by atoms with van der Waals surface area (Å²) in [5.41, 5.74) is 6.53. The van der Waals surface area contributed by atoms with Crippen molar-refractivity contribution in [3.63, 3.8) is 0 Å². The van der Waals surface area contributed by atoms with Crippen molar-refractivity contribution < 1.29 is 4.79 Å². The van der Waals surface area contributed by atoms with E-state index in [1.165, 1.54) is 4.88 Å². The third-order valence-corrected chi connectivity index (χ3v) is 5.70. The zero-order valence-corrected chi connectivity index (χ0v) is 17.0. The number of aliphatic imine (C=N–C) groups is 1. The molecule has 3 heterocycles. The molecular weight excluding hydrogens is 372 g/mol. The van der Waals surface area contributed by atoms with E-state index in [1.807, 2.05) is 12.3 Å². The summed E-state index contributed by atoms with van der Waals surface area (Å²) in [7, 11) is 0. The van der Waals surface area contributed by atoms with Crippen molar-refractivity contribution in [1.82, 2.24) is 15.6 Å². The minimum Gasteiger partial charge on any atom is -0.369 e. The lowest BCUT2D eigenvalue weighted by molar-refractivity contribution is -0.122. The summed E-state index contributed by atoms with van der Waals surface area (Å²) in [4.78, 5) is 24.2. The van der Waals surface area contributed by atoms with Crippen LogP contribution < -0.4 is 21.3 Å². The highest BCUT2D eigenvalue weighted by Gasteiger charge is 2.24. The largest absolute Gasteiger partial charge is 0.369 e. The number of guanidine groups is 1. The van der Waals surface area contributed by atoms with Crippen LogP contribution in [0.5, 0.6) is 0 Å². The number of hydrogen-bond acceptors (Lipinski definition) is 5. The number of rotatable bonds is 7. The van der Waals surface area contributed by atoms with Gasteiger partial charge in [0.25, 0.3) is 0 Å². The van der Waals surface area contributed by atoms with Gasteiger partial charge in [-0.25, -0.2) is 9.98 Å². The summed E-state index contributed by atoms with van der Waals surface area (Å²) in [6.07, 6.45) is 3.36. The topological polar surface area (TPSA) is 95.6 Å². The molecule has 0 spiro atoms. The van der Waals surface area contributed by atoms with Crippen molar-refractivity contribution >= 4 is 29.0 Å². The first kappa shape index (κ1) is 20.1. The molecule has 0 aromatic carbocycles. The van der Waals surface area contributed by atoms with E-state index in [1.54, 1.807) is 11.3 Å². The van der Waals surface area contributed by atoms with Gasteiger partial charge >= 0.3 is 0 Å². The first-order chi connectivity index (χ1) is 13.7. The van der Waals surface area contributed by atoms with Crippen LogP contribution in [0.15, 0.2) is 40.8 Å². The summed E-state index contributed by atoms with van der Waals surface area (Å²) in [5, 5.41) is 8.74. The molecule has 0 aliphatic carbocycles. The van der Waals surface area contributed by atoms with E-state index in [2.05, 4.69) is 51.0 Å². The highest BCUT2D eigenvalue weighted by molar-refractivity contribution is 7.09. The Hall–Kier alpha value is -2.61. The number of nitrogens with zero attached hydrogens (tertiary/aromatic N) is 3. The van der Waals surface area contributed by atoms with E-state index >= 15 is 0 Å². The number of amides is 1. The van der Waals surface area contributed by atoms with Crippen LogP contribution in [0.1, 0.15) is 30.2 Å². The second-order valence-electron chi connectivity index (χ2n) is 6.78. The Morgan fingerprint density at radius 1 is 1.32 bits per heavy atom. The monoisotopic (exact) mass is 400 g/mol. The van der Waals surface area contributed by atoms with Crippen molar-refractivity contribution in [2.24, 2.45) is 16.6 Å². The SMILES string of the molecule is CCNC(=NCc1cccnc1N1CCC(C(N)=O)CC1)NCc1cccs1. The fourth-order valence-electron chi connectivity index (χ4n) is 3.30. The maximum Gasteiger partial charge on any atom is 0.220 e. The highest BCUT2D eigenvalue weighted by atomic mass is 32.1. The molecule has 8 heteroatoms. The van der Waals surface area contributed by atoms with Crippen LogP contribution >= 0.6 is 11.3 Å². The number of carbonyl (C=O) groups excluding carboxylic acids is 1. The van der Waals surface area contributed by atoms with Crippen LogP contribution in [0.2, 0.25) is 0 Å². The number of primary amides is 1. The van der Waals surface area contributed by atoms with Gasteiger partial charge < -0.3 is 21.3 Å². The van der Waals surface area contributed by atoms with E-state index in [0.717, 1.165) is 56.4 Å². The summed E-state index contributed by atoms with van der Waals surface area (Å²) < 4.78 is 0. The number of aromatic nitrogens is 1. The van der Waals surface area contributed by atoms with Crippen molar-refractivity contribution in [3.8, 4) is 0 Å². The van der Waals surface area contributed by atoms with Gasteiger partial charge in [0, 0.05) is 42.2 Å². The molecule has 2 aromatic heterocycles. The van der Waals surface area contributed by atoms with Gasteiger partial charge in [0.05, 0.1) is 13.1 Å². The lowest BCUT2D eigenvalue weighted by Gasteiger charge is -2.32. The Morgan fingerprint density at radius 2 is 2.14 bits per heavy atom. The molecule has 7 nitrogen and oxygen atoms in total. The number of nitrogens with two attached hydrogens (primary N) is 1. The summed E-state index contributed by atoms with van der Waals surface area (Å²) in [5.74, 6) is 1.52. The zero-order chi connectivity index (χ0) is 19.8. The quantitative estimate of drug-likeness (QED) is 0.489. The second kappa shape index (κ2) is 10.1. The first-order valence-corrected chi connectivity index (χ1v) is 10.6. The number of thiophene rings is 1. The van der Waals surface area contributed by atoms with Gasteiger partial charge in [-0.3, -0.25) is 4.79 Å². The van der Waals surface area contributed by atoms with Crippen LogP contribution in [-0.4, -0.2) is 36.5 Å². The Kier molecular flexibility index (Phi) is 7.25.